The van der Waals surface area contributed by atoms with Crippen LogP contribution in [0, 0.1) is 35.9 Å². The smallest absolute Gasteiger partial charge is 0.224 e. The molecule has 1 aromatic carbocycles. The van der Waals surface area contributed by atoms with Crippen LogP contribution >= 0.6 is 0 Å². The average molecular weight is 411 g/mol. The Labute approximate surface area is 180 Å². The fraction of sp³-hybridized carbons (Fsp3) is 0.269. The van der Waals surface area contributed by atoms with Gasteiger partial charge in [-0.1, -0.05) is 12.0 Å². The van der Waals surface area contributed by atoms with Crippen LogP contribution in [0.25, 0.3) is 16.5 Å². The first kappa shape index (κ1) is 19.4. The van der Waals surface area contributed by atoms with Crippen molar-refractivity contribution in [3.05, 3.63) is 71.9 Å². The van der Waals surface area contributed by atoms with Crippen molar-refractivity contribution >= 4 is 28.1 Å². The molecule has 0 bridgehead atoms. The molecule has 31 heavy (non-hydrogen) atoms. The highest BCUT2D eigenvalue weighted by Crippen LogP contribution is 2.49. The number of carbonyl (C=O) groups excluding carboxylic acids is 1. The second-order valence-corrected chi connectivity index (χ2v) is 8.51. The lowest BCUT2D eigenvalue weighted by Gasteiger charge is -2.13. The molecule has 2 aliphatic rings. The fourth-order valence-electron chi connectivity index (χ4n) is 5.12. The first-order chi connectivity index (χ1) is 15.1. The summed E-state index contributed by atoms with van der Waals surface area (Å²) in [7, 11) is 0. The molecule has 3 aromatic rings. The maximum Gasteiger partial charge on any atom is 0.224 e. The maximum absolute atomic E-state index is 13.8. The predicted octanol–water partition coefficient (Wildman–Crippen LogP) is 5.21. The normalized spacial score (nSPS) is 22.1. The van der Waals surface area contributed by atoms with E-state index in [1.165, 1.54) is 11.6 Å². The number of carbonyl (C=O) groups is 1. The first-order valence-corrected chi connectivity index (χ1v) is 10.6. The van der Waals surface area contributed by atoms with E-state index in [2.05, 4.69) is 27.3 Å². The van der Waals surface area contributed by atoms with Gasteiger partial charge in [0.05, 0.1) is 17.4 Å². The van der Waals surface area contributed by atoms with Gasteiger partial charge in [0.2, 0.25) is 5.91 Å². The summed E-state index contributed by atoms with van der Waals surface area (Å²) in [4.78, 5) is 20.9. The zero-order valence-electron chi connectivity index (χ0n) is 17.0. The molecule has 1 N–H and O–H groups in total. The number of hydrogen-bond donors (Lipinski definition) is 1. The second kappa shape index (κ2) is 7.96. The molecule has 1 unspecified atom stereocenters. The summed E-state index contributed by atoms with van der Waals surface area (Å²) in [6, 6.07) is 10.2. The number of terminal acetylenes is 1. The molecule has 5 rings (SSSR count). The van der Waals surface area contributed by atoms with Gasteiger partial charge in [-0.05, 0) is 84.6 Å². The molecule has 0 saturated heterocycles. The van der Waals surface area contributed by atoms with Gasteiger partial charge >= 0.3 is 0 Å². The standard InChI is InChI=1S/C26H22FN3O/c1-2-21-4-5-22(15-29-21)30-26(31)11-16-9-17-12-19(13-18(17)10-16)23-7-8-28-25-6-3-20(27)14-24(23)25/h1,3-8,12,14-18H,9-11,13H2,(H,30,31)/t16-,17-,18?/m0/s1. The number of benzene rings is 1. The average Bonchev–Trinajstić information content (AvgIpc) is 3.32. The monoisotopic (exact) mass is 411 g/mol. The molecule has 1 fully saturated rings. The van der Waals surface area contributed by atoms with E-state index in [4.69, 9.17) is 6.42 Å². The number of nitrogens with one attached hydrogen (secondary N) is 1. The van der Waals surface area contributed by atoms with Gasteiger partial charge in [-0.15, -0.1) is 6.42 Å². The number of allylic oxidation sites excluding steroid dienone is 2. The number of hydrogen-bond acceptors (Lipinski definition) is 3. The van der Waals surface area contributed by atoms with Crippen LogP contribution < -0.4 is 5.32 Å². The van der Waals surface area contributed by atoms with Gasteiger partial charge < -0.3 is 5.32 Å². The number of aromatic nitrogens is 2. The van der Waals surface area contributed by atoms with E-state index < -0.39 is 0 Å². The first-order valence-electron chi connectivity index (χ1n) is 10.6. The number of amides is 1. The zero-order valence-corrected chi connectivity index (χ0v) is 17.0. The van der Waals surface area contributed by atoms with Gasteiger partial charge in [0, 0.05) is 18.0 Å². The number of nitrogens with zero attached hydrogens (tertiary/aromatic N) is 2. The van der Waals surface area contributed by atoms with E-state index in [9.17, 15) is 9.18 Å². The number of pyridine rings is 2. The molecule has 2 heterocycles. The summed E-state index contributed by atoms with van der Waals surface area (Å²) < 4.78 is 13.8. The molecule has 0 radical (unpaired) electrons. The Balaban J connectivity index is 1.24. The summed E-state index contributed by atoms with van der Waals surface area (Å²) in [5.41, 5.74) is 4.39. The van der Waals surface area contributed by atoms with E-state index >= 15 is 0 Å². The molecule has 4 nitrogen and oxygen atoms in total. The largest absolute Gasteiger partial charge is 0.325 e. The van der Waals surface area contributed by atoms with Crippen LogP contribution in [-0.2, 0) is 4.79 Å². The summed E-state index contributed by atoms with van der Waals surface area (Å²) in [5.74, 6) is 3.63. The molecular formula is C26H22FN3O. The Bertz CT molecular complexity index is 1230. The molecule has 0 aliphatic heterocycles. The van der Waals surface area contributed by atoms with Crippen LogP contribution in [0.2, 0.25) is 0 Å². The van der Waals surface area contributed by atoms with Crippen LogP contribution in [0.5, 0.6) is 0 Å². The highest BCUT2D eigenvalue weighted by Gasteiger charge is 2.38. The van der Waals surface area contributed by atoms with Crippen molar-refractivity contribution in [3.8, 4) is 12.3 Å². The van der Waals surface area contributed by atoms with E-state index in [0.717, 1.165) is 35.7 Å². The van der Waals surface area contributed by atoms with Crippen molar-refractivity contribution in [1.29, 1.82) is 0 Å². The molecule has 1 saturated carbocycles. The second-order valence-electron chi connectivity index (χ2n) is 8.51. The SMILES string of the molecule is C#Cc1ccc(NC(=O)C[C@@H]2CC3CC(c4ccnc5ccc(F)cc45)=C[C@@H]3C2)cn1. The van der Waals surface area contributed by atoms with Crippen LogP contribution in [0.4, 0.5) is 10.1 Å². The summed E-state index contributed by atoms with van der Waals surface area (Å²) in [5, 5.41) is 3.79. The number of anilines is 1. The van der Waals surface area contributed by atoms with Crippen LogP contribution in [0.1, 0.15) is 36.9 Å². The van der Waals surface area contributed by atoms with Crippen molar-refractivity contribution in [2.45, 2.75) is 25.7 Å². The Morgan fingerprint density at radius 3 is 2.87 bits per heavy atom. The minimum atomic E-state index is -0.240. The third-order valence-electron chi connectivity index (χ3n) is 6.46. The minimum absolute atomic E-state index is 0.0139. The molecule has 1 amide bonds. The van der Waals surface area contributed by atoms with Crippen molar-refractivity contribution in [1.82, 2.24) is 9.97 Å². The quantitative estimate of drug-likeness (QED) is 0.600. The Morgan fingerprint density at radius 2 is 2.10 bits per heavy atom. The molecule has 5 heteroatoms. The topological polar surface area (TPSA) is 54.9 Å². The summed E-state index contributed by atoms with van der Waals surface area (Å²) >= 11 is 0. The van der Waals surface area contributed by atoms with Gasteiger partial charge in [-0.25, -0.2) is 9.37 Å². The van der Waals surface area contributed by atoms with E-state index in [-0.39, 0.29) is 11.7 Å². The van der Waals surface area contributed by atoms with E-state index in [1.807, 2.05) is 6.07 Å². The molecule has 2 aliphatic carbocycles. The number of halogens is 1. The Hall–Kier alpha value is -3.52. The van der Waals surface area contributed by atoms with E-state index in [0.29, 0.717) is 35.6 Å². The van der Waals surface area contributed by atoms with Crippen molar-refractivity contribution < 1.29 is 9.18 Å². The van der Waals surface area contributed by atoms with Gasteiger partial charge in [0.15, 0.2) is 0 Å². The third kappa shape index (κ3) is 3.94. The zero-order chi connectivity index (χ0) is 21.4. The molecule has 2 aromatic heterocycles. The number of rotatable bonds is 4. The van der Waals surface area contributed by atoms with Crippen molar-refractivity contribution in [2.24, 2.45) is 17.8 Å². The fourth-order valence-corrected chi connectivity index (χ4v) is 5.12. The lowest BCUT2D eigenvalue weighted by atomic mass is 9.94. The van der Waals surface area contributed by atoms with E-state index in [1.54, 1.807) is 36.7 Å². The van der Waals surface area contributed by atoms with Crippen LogP contribution in [0.3, 0.4) is 0 Å². The highest BCUT2D eigenvalue weighted by atomic mass is 19.1. The summed E-state index contributed by atoms with van der Waals surface area (Å²) in [6.45, 7) is 0. The lowest BCUT2D eigenvalue weighted by molar-refractivity contribution is -0.117. The lowest BCUT2D eigenvalue weighted by Crippen LogP contribution is -2.15. The summed E-state index contributed by atoms with van der Waals surface area (Å²) in [6.07, 6.45) is 14.6. The molecule has 154 valence electrons. The molecule has 0 spiro atoms. The predicted molar refractivity (Wildman–Crippen MR) is 119 cm³/mol. The van der Waals surface area contributed by atoms with Crippen LogP contribution in [0.15, 0.2) is 54.9 Å². The molecular weight excluding hydrogens is 389 g/mol. The Morgan fingerprint density at radius 1 is 1.19 bits per heavy atom. The minimum Gasteiger partial charge on any atom is -0.325 e. The highest BCUT2D eigenvalue weighted by molar-refractivity contribution is 5.92. The van der Waals surface area contributed by atoms with Gasteiger partial charge in [-0.2, -0.15) is 0 Å². The number of fused-ring (bicyclic) bond motifs is 2. The maximum atomic E-state index is 13.8. The van der Waals surface area contributed by atoms with Gasteiger partial charge in [0.25, 0.3) is 0 Å². The Kier molecular flexibility index (Phi) is 4.99. The van der Waals surface area contributed by atoms with Crippen molar-refractivity contribution in [2.75, 3.05) is 5.32 Å². The third-order valence-corrected chi connectivity index (χ3v) is 6.46. The van der Waals surface area contributed by atoms with Gasteiger partial charge in [-0.3, -0.25) is 9.78 Å². The van der Waals surface area contributed by atoms with Crippen molar-refractivity contribution in [3.63, 3.8) is 0 Å². The van der Waals surface area contributed by atoms with Crippen LogP contribution in [-0.4, -0.2) is 15.9 Å². The van der Waals surface area contributed by atoms with Gasteiger partial charge in [0.1, 0.15) is 11.5 Å². The molecule has 3 atom stereocenters.